The molecule has 3 aliphatic rings. The molecular formula is C44H53F3N8O5. The second-order valence-corrected chi connectivity index (χ2v) is 16.5. The molecule has 2 saturated heterocycles. The third kappa shape index (κ3) is 10.0. The number of carbonyl (C=O) groups is 3. The Morgan fingerprint density at radius 1 is 1.03 bits per heavy atom. The summed E-state index contributed by atoms with van der Waals surface area (Å²) in [6, 6.07) is 14.2. The number of nitrogens with one attached hydrogen (secondary N) is 4. The summed E-state index contributed by atoms with van der Waals surface area (Å²) in [4.78, 5) is 48.6. The number of imide groups is 1. The number of hydrogen-bond donors (Lipinski definition) is 5. The number of aromatic nitrogens is 2. The molecule has 1 saturated carbocycles. The number of alkyl halides is 3. The summed E-state index contributed by atoms with van der Waals surface area (Å²) in [5.74, 6) is 1.48. The minimum atomic E-state index is -4.54. The molecule has 3 heterocycles. The van der Waals surface area contributed by atoms with E-state index in [1.807, 2.05) is 12.1 Å². The summed E-state index contributed by atoms with van der Waals surface area (Å²) in [6.45, 7) is 6.22. The Bertz CT molecular complexity index is 2220. The molecule has 1 aliphatic carbocycles. The SMILES string of the molecule is CNC(=O)C(CN1CCC(c2ccc(NC3CCC(=O)NC3=O)cc2)CC1)CC1(COc2cc3c(NC(C)c4cc(N)cc(C(F)(F)F)c4)nc(C)nc3cc2OC)CC1. The Morgan fingerprint density at radius 3 is 2.42 bits per heavy atom. The van der Waals surface area contributed by atoms with Gasteiger partial charge < -0.3 is 36.1 Å². The van der Waals surface area contributed by atoms with Gasteiger partial charge in [0, 0.05) is 48.3 Å². The number of anilines is 3. The minimum absolute atomic E-state index is 0.00525. The predicted molar refractivity (Wildman–Crippen MR) is 223 cm³/mol. The van der Waals surface area contributed by atoms with Gasteiger partial charge in [-0.3, -0.25) is 19.7 Å². The molecule has 2 aliphatic heterocycles. The van der Waals surface area contributed by atoms with Crippen molar-refractivity contribution in [1.29, 1.82) is 0 Å². The Balaban J connectivity index is 0.980. The zero-order chi connectivity index (χ0) is 42.8. The van der Waals surface area contributed by atoms with Crippen molar-refractivity contribution in [3.05, 3.63) is 77.1 Å². The van der Waals surface area contributed by atoms with Crippen LogP contribution in [0.4, 0.5) is 30.4 Å². The summed E-state index contributed by atoms with van der Waals surface area (Å²) in [5, 5.41) is 12.4. The van der Waals surface area contributed by atoms with Crippen LogP contribution in [0.3, 0.4) is 0 Å². The molecule has 3 atom stereocenters. The molecule has 60 heavy (non-hydrogen) atoms. The molecule has 16 heteroatoms. The van der Waals surface area contributed by atoms with E-state index in [1.54, 1.807) is 40.1 Å². The lowest BCUT2D eigenvalue weighted by Gasteiger charge is -2.35. The number of likely N-dealkylation sites (tertiary alicyclic amines) is 1. The summed E-state index contributed by atoms with van der Waals surface area (Å²) < 4.78 is 53.0. The number of rotatable bonds is 15. The molecule has 13 nitrogen and oxygen atoms in total. The normalized spacial score (nSPS) is 19.3. The Labute approximate surface area is 347 Å². The van der Waals surface area contributed by atoms with Gasteiger partial charge in [0.05, 0.1) is 36.8 Å². The largest absolute Gasteiger partial charge is 0.493 e. The van der Waals surface area contributed by atoms with Crippen LogP contribution < -0.4 is 36.5 Å². The molecular weight excluding hydrogens is 778 g/mol. The van der Waals surface area contributed by atoms with Gasteiger partial charge >= 0.3 is 6.18 Å². The van der Waals surface area contributed by atoms with E-state index in [0.717, 1.165) is 56.6 Å². The van der Waals surface area contributed by atoms with Crippen molar-refractivity contribution in [3.63, 3.8) is 0 Å². The zero-order valence-electron chi connectivity index (χ0n) is 34.4. The summed E-state index contributed by atoms with van der Waals surface area (Å²) in [6.07, 6.45) is 0.671. The van der Waals surface area contributed by atoms with Crippen molar-refractivity contribution in [2.45, 2.75) is 83.0 Å². The van der Waals surface area contributed by atoms with Gasteiger partial charge in [-0.05, 0) is 119 Å². The molecule has 3 amide bonds. The number of hydrogen-bond acceptors (Lipinski definition) is 11. The molecule has 320 valence electrons. The highest BCUT2D eigenvalue weighted by Crippen LogP contribution is 2.52. The van der Waals surface area contributed by atoms with Crippen molar-refractivity contribution in [2.75, 3.05) is 56.8 Å². The van der Waals surface area contributed by atoms with Gasteiger partial charge in [-0.2, -0.15) is 13.2 Å². The molecule has 0 radical (unpaired) electrons. The number of ether oxygens (including phenoxy) is 2. The molecule has 0 bridgehead atoms. The van der Waals surface area contributed by atoms with E-state index in [9.17, 15) is 27.6 Å². The first kappa shape index (κ1) is 42.5. The highest BCUT2D eigenvalue weighted by Gasteiger charge is 2.47. The smallest absolute Gasteiger partial charge is 0.416 e. The highest BCUT2D eigenvalue weighted by molar-refractivity contribution is 6.01. The van der Waals surface area contributed by atoms with Crippen LogP contribution in [0.5, 0.6) is 11.5 Å². The maximum absolute atomic E-state index is 13.6. The van der Waals surface area contributed by atoms with Crippen molar-refractivity contribution >= 4 is 45.8 Å². The average Bonchev–Trinajstić information content (AvgIpc) is 3.99. The summed E-state index contributed by atoms with van der Waals surface area (Å²) >= 11 is 0. The molecule has 7 rings (SSSR count). The monoisotopic (exact) mass is 830 g/mol. The van der Waals surface area contributed by atoms with E-state index < -0.39 is 23.8 Å². The number of nitrogen functional groups attached to an aromatic ring is 1. The van der Waals surface area contributed by atoms with Gasteiger partial charge in [0.25, 0.3) is 0 Å². The third-order valence-corrected chi connectivity index (χ3v) is 12.1. The number of methoxy groups -OCH3 is 1. The molecule has 3 aromatic carbocycles. The van der Waals surface area contributed by atoms with E-state index in [4.69, 9.17) is 15.2 Å². The van der Waals surface area contributed by atoms with Gasteiger partial charge in [0.2, 0.25) is 17.7 Å². The summed E-state index contributed by atoms with van der Waals surface area (Å²) in [5.41, 5.74) is 7.87. The van der Waals surface area contributed by atoms with Gasteiger partial charge in [-0.25, -0.2) is 9.97 Å². The number of halogens is 3. The Morgan fingerprint density at radius 2 is 1.77 bits per heavy atom. The lowest BCUT2D eigenvalue weighted by Crippen LogP contribution is -2.47. The number of piperidine rings is 2. The first-order valence-electron chi connectivity index (χ1n) is 20.5. The molecule has 1 aromatic heterocycles. The van der Waals surface area contributed by atoms with E-state index >= 15 is 0 Å². The molecule has 6 N–H and O–H groups in total. The van der Waals surface area contributed by atoms with E-state index in [2.05, 4.69) is 48.3 Å². The first-order valence-corrected chi connectivity index (χ1v) is 20.5. The molecule has 4 aromatic rings. The fraction of sp³-hybridized carbons (Fsp3) is 0.477. The fourth-order valence-corrected chi connectivity index (χ4v) is 8.44. The van der Waals surface area contributed by atoms with Gasteiger partial charge in [0.15, 0.2) is 11.5 Å². The lowest BCUT2D eigenvalue weighted by atomic mass is 9.87. The number of amides is 3. The third-order valence-electron chi connectivity index (χ3n) is 12.1. The standard InChI is InChI=1S/C44H53F3N8O5/c1-25(29-17-31(44(45,46)47)19-32(48)18-29)50-40-34-20-38(37(59-4)21-36(34)51-26(2)52-40)60-24-43(13-14-43)22-30(41(57)49-3)23-55-15-11-28(12-16-55)27-5-7-33(8-6-27)53-35-9-10-39(56)54-42(35)58/h5-8,17-21,25,28,30,35,53H,9-16,22-24,48H2,1-4H3,(H,49,57)(H,50,51,52)(H,54,56,58). The van der Waals surface area contributed by atoms with E-state index in [1.165, 1.54) is 11.6 Å². The number of benzene rings is 3. The lowest BCUT2D eigenvalue weighted by molar-refractivity contribution is -0.137. The number of nitrogens with two attached hydrogens (primary N) is 1. The van der Waals surface area contributed by atoms with Gasteiger partial charge in [-0.1, -0.05) is 12.1 Å². The maximum Gasteiger partial charge on any atom is 0.416 e. The number of aryl methyl sites for hydroxylation is 1. The Hall–Kier alpha value is -5.64. The molecule has 3 unspecified atom stereocenters. The average molecular weight is 831 g/mol. The van der Waals surface area contributed by atoms with Crippen LogP contribution in [-0.2, 0) is 20.6 Å². The van der Waals surface area contributed by atoms with Crippen LogP contribution in [0.2, 0.25) is 0 Å². The van der Waals surface area contributed by atoms with Crippen LogP contribution in [0.15, 0.2) is 54.6 Å². The van der Waals surface area contributed by atoms with Crippen molar-refractivity contribution in [3.8, 4) is 11.5 Å². The molecule has 3 fully saturated rings. The predicted octanol–water partition coefficient (Wildman–Crippen LogP) is 6.73. The highest BCUT2D eigenvalue weighted by atomic mass is 19.4. The number of fused-ring (bicyclic) bond motifs is 1. The minimum Gasteiger partial charge on any atom is -0.493 e. The van der Waals surface area contributed by atoms with Gasteiger partial charge in [0.1, 0.15) is 17.7 Å². The quantitative estimate of drug-likeness (QED) is 0.0636. The number of nitrogens with zero attached hydrogens (tertiary/aromatic N) is 3. The van der Waals surface area contributed by atoms with Gasteiger partial charge in [-0.15, -0.1) is 0 Å². The fourth-order valence-electron chi connectivity index (χ4n) is 8.44. The Kier molecular flexibility index (Phi) is 12.4. The molecule has 0 spiro atoms. The van der Waals surface area contributed by atoms with E-state index in [-0.39, 0.29) is 34.7 Å². The van der Waals surface area contributed by atoms with Crippen molar-refractivity contribution in [1.82, 2.24) is 25.5 Å². The van der Waals surface area contributed by atoms with E-state index in [0.29, 0.717) is 77.9 Å². The van der Waals surface area contributed by atoms with Crippen LogP contribution in [-0.4, -0.2) is 79.0 Å². The number of carbonyl (C=O) groups excluding carboxylic acids is 3. The second kappa shape index (κ2) is 17.5. The second-order valence-electron chi connectivity index (χ2n) is 16.5. The summed E-state index contributed by atoms with van der Waals surface area (Å²) in [7, 11) is 3.23. The van der Waals surface area contributed by atoms with Crippen LogP contribution in [0.1, 0.15) is 86.3 Å². The maximum atomic E-state index is 13.6. The zero-order valence-corrected chi connectivity index (χ0v) is 34.4. The first-order chi connectivity index (χ1) is 28.6. The van der Waals surface area contributed by atoms with Crippen LogP contribution in [0.25, 0.3) is 10.9 Å². The van der Waals surface area contributed by atoms with Crippen molar-refractivity contribution < 1.29 is 37.0 Å². The van der Waals surface area contributed by atoms with Crippen molar-refractivity contribution in [2.24, 2.45) is 11.3 Å². The van der Waals surface area contributed by atoms with Crippen LogP contribution >= 0.6 is 0 Å². The van der Waals surface area contributed by atoms with Crippen LogP contribution in [0, 0.1) is 18.3 Å². The topological polar surface area (TPSA) is 173 Å².